The molecule has 1 aromatic heterocycles. The second kappa shape index (κ2) is 5.74. The van der Waals surface area contributed by atoms with E-state index in [4.69, 9.17) is 4.74 Å². The van der Waals surface area contributed by atoms with Crippen LogP contribution in [-0.2, 0) is 17.8 Å². The third kappa shape index (κ3) is 2.79. The molecule has 1 atom stereocenters. The Hall–Kier alpha value is -2.36. The smallest absolute Gasteiger partial charge is 0.261 e. The molecule has 1 amide bonds. The number of rotatable bonds is 3. The van der Waals surface area contributed by atoms with Crippen molar-refractivity contribution in [1.29, 1.82) is 0 Å². The number of aryl methyl sites for hydroxylation is 1. The molecule has 2 heterocycles. The van der Waals surface area contributed by atoms with Crippen LogP contribution in [0.3, 0.4) is 0 Å². The lowest BCUT2D eigenvalue weighted by molar-refractivity contribution is -0.128. The first-order valence-corrected chi connectivity index (χ1v) is 6.74. The number of aromatic nitrogens is 1. The lowest BCUT2D eigenvalue weighted by atomic mass is 10.0. The molecule has 0 aliphatic carbocycles. The van der Waals surface area contributed by atoms with Crippen LogP contribution in [0.4, 0.5) is 0 Å². The molecule has 1 unspecified atom stereocenters. The van der Waals surface area contributed by atoms with Crippen molar-refractivity contribution in [1.82, 2.24) is 10.3 Å². The normalized spacial score (nSPS) is 16.9. The Kier molecular flexibility index (Phi) is 3.63. The highest BCUT2D eigenvalue weighted by Crippen LogP contribution is 2.26. The van der Waals surface area contributed by atoms with Gasteiger partial charge in [0.05, 0.1) is 0 Å². The van der Waals surface area contributed by atoms with Gasteiger partial charge in [0.2, 0.25) is 0 Å². The summed E-state index contributed by atoms with van der Waals surface area (Å²) in [6.07, 6.45) is 4.66. The van der Waals surface area contributed by atoms with Crippen molar-refractivity contribution < 1.29 is 9.53 Å². The predicted molar refractivity (Wildman–Crippen MR) is 75.3 cm³/mol. The summed E-state index contributed by atoms with van der Waals surface area (Å²) in [6, 6.07) is 11.7. The summed E-state index contributed by atoms with van der Waals surface area (Å²) < 4.78 is 5.75. The van der Waals surface area contributed by atoms with Crippen molar-refractivity contribution in [3.8, 4) is 5.75 Å². The van der Waals surface area contributed by atoms with E-state index in [-0.39, 0.29) is 5.91 Å². The van der Waals surface area contributed by atoms with E-state index in [1.807, 2.05) is 36.4 Å². The van der Waals surface area contributed by atoms with Gasteiger partial charge < -0.3 is 10.1 Å². The third-order valence-corrected chi connectivity index (χ3v) is 3.40. The van der Waals surface area contributed by atoms with E-state index < -0.39 is 6.10 Å². The van der Waals surface area contributed by atoms with Gasteiger partial charge in [-0.1, -0.05) is 24.3 Å². The number of fused-ring (bicyclic) bond motifs is 1. The molecule has 4 heteroatoms. The van der Waals surface area contributed by atoms with E-state index >= 15 is 0 Å². The van der Waals surface area contributed by atoms with Crippen molar-refractivity contribution in [3.05, 3.63) is 59.9 Å². The van der Waals surface area contributed by atoms with Crippen LogP contribution in [-0.4, -0.2) is 17.0 Å². The molecule has 3 rings (SSSR count). The maximum Gasteiger partial charge on any atom is 0.261 e. The van der Waals surface area contributed by atoms with Crippen LogP contribution >= 0.6 is 0 Å². The number of nitrogens with one attached hydrogen (secondary N) is 1. The quantitative estimate of drug-likeness (QED) is 0.927. The molecule has 102 valence electrons. The first kappa shape index (κ1) is 12.7. The zero-order valence-electron chi connectivity index (χ0n) is 11.1. The number of ether oxygens (including phenoxy) is 1. The second-order valence-corrected chi connectivity index (χ2v) is 4.83. The Morgan fingerprint density at radius 1 is 1.30 bits per heavy atom. The third-order valence-electron chi connectivity index (χ3n) is 3.40. The molecule has 0 fully saturated rings. The van der Waals surface area contributed by atoms with Gasteiger partial charge in [-0.2, -0.15) is 0 Å². The van der Waals surface area contributed by atoms with Gasteiger partial charge in [0, 0.05) is 18.9 Å². The zero-order chi connectivity index (χ0) is 13.8. The fourth-order valence-electron chi connectivity index (χ4n) is 2.31. The van der Waals surface area contributed by atoms with Gasteiger partial charge in [0.1, 0.15) is 5.75 Å². The lowest BCUT2D eigenvalue weighted by Gasteiger charge is -2.25. The van der Waals surface area contributed by atoms with Crippen molar-refractivity contribution in [2.24, 2.45) is 0 Å². The van der Waals surface area contributed by atoms with Gasteiger partial charge in [-0.3, -0.25) is 9.78 Å². The highest BCUT2D eigenvalue weighted by molar-refractivity contribution is 5.81. The number of amides is 1. The Morgan fingerprint density at radius 3 is 3.05 bits per heavy atom. The Morgan fingerprint density at radius 2 is 2.20 bits per heavy atom. The van der Waals surface area contributed by atoms with Gasteiger partial charge in [-0.25, -0.2) is 0 Å². The minimum atomic E-state index is -0.401. The molecular formula is C16H16N2O2. The number of para-hydroxylation sites is 1. The number of carbonyl (C=O) groups is 1. The first-order chi connectivity index (χ1) is 9.83. The molecule has 4 nitrogen and oxygen atoms in total. The van der Waals surface area contributed by atoms with E-state index in [9.17, 15) is 4.79 Å². The predicted octanol–water partition coefficient (Wildman–Crippen LogP) is 2.09. The van der Waals surface area contributed by atoms with Crippen LogP contribution in [0.25, 0.3) is 0 Å². The van der Waals surface area contributed by atoms with Crippen LogP contribution in [0, 0.1) is 0 Å². The molecule has 0 bridgehead atoms. The minimum absolute atomic E-state index is 0.0663. The molecule has 1 N–H and O–H groups in total. The second-order valence-electron chi connectivity index (χ2n) is 4.83. The van der Waals surface area contributed by atoms with Crippen LogP contribution in [0.15, 0.2) is 48.8 Å². The van der Waals surface area contributed by atoms with Crippen molar-refractivity contribution >= 4 is 5.91 Å². The molecule has 0 saturated carbocycles. The zero-order valence-corrected chi connectivity index (χ0v) is 11.1. The standard InChI is InChI=1S/C16H16N2O2/c19-16(18-11-12-4-3-9-17-10-12)15-8-7-13-5-1-2-6-14(13)20-15/h1-6,9-10,15H,7-8,11H2,(H,18,19). The molecule has 1 aromatic carbocycles. The summed E-state index contributed by atoms with van der Waals surface area (Å²) in [5.41, 5.74) is 2.15. The maximum atomic E-state index is 12.1. The molecule has 2 aromatic rings. The summed E-state index contributed by atoms with van der Waals surface area (Å²) in [6.45, 7) is 0.480. The Labute approximate surface area is 117 Å². The monoisotopic (exact) mass is 268 g/mol. The molecule has 0 radical (unpaired) electrons. The highest BCUT2D eigenvalue weighted by Gasteiger charge is 2.25. The molecule has 0 saturated heterocycles. The molecule has 20 heavy (non-hydrogen) atoms. The summed E-state index contributed by atoms with van der Waals surface area (Å²) in [7, 11) is 0. The number of hydrogen-bond donors (Lipinski definition) is 1. The Balaban J connectivity index is 1.59. The van der Waals surface area contributed by atoms with Crippen LogP contribution in [0.1, 0.15) is 17.5 Å². The van der Waals surface area contributed by atoms with Gasteiger partial charge >= 0.3 is 0 Å². The molecule has 1 aliphatic rings. The topological polar surface area (TPSA) is 51.2 Å². The summed E-state index contributed by atoms with van der Waals surface area (Å²) in [4.78, 5) is 16.1. The lowest BCUT2D eigenvalue weighted by Crippen LogP contribution is -2.40. The number of nitrogens with zero attached hydrogens (tertiary/aromatic N) is 1. The first-order valence-electron chi connectivity index (χ1n) is 6.74. The number of benzene rings is 1. The van der Waals surface area contributed by atoms with E-state index in [1.54, 1.807) is 12.4 Å². The van der Waals surface area contributed by atoms with Crippen LogP contribution in [0.5, 0.6) is 5.75 Å². The number of carbonyl (C=O) groups excluding carboxylic acids is 1. The fourth-order valence-corrected chi connectivity index (χ4v) is 2.31. The average Bonchev–Trinajstić information content (AvgIpc) is 2.53. The number of pyridine rings is 1. The van der Waals surface area contributed by atoms with Crippen molar-refractivity contribution in [2.45, 2.75) is 25.5 Å². The van der Waals surface area contributed by atoms with E-state index in [0.29, 0.717) is 6.54 Å². The van der Waals surface area contributed by atoms with Crippen molar-refractivity contribution in [3.63, 3.8) is 0 Å². The number of hydrogen-bond acceptors (Lipinski definition) is 3. The van der Waals surface area contributed by atoms with E-state index in [0.717, 1.165) is 24.2 Å². The minimum Gasteiger partial charge on any atom is -0.480 e. The summed E-state index contributed by atoms with van der Waals surface area (Å²) in [5.74, 6) is 0.753. The Bertz CT molecular complexity index is 598. The molecule has 0 spiro atoms. The van der Waals surface area contributed by atoms with E-state index in [1.165, 1.54) is 5.56 Å². The van der Waals surface area contributed by atoms with Gasteiger partial charge in [0.25, 0.3) is 5.91 Å². The highest BCUT2D eigenvalue weighted by atomic mass is 16.5. The summed E-state index contributed by atoms with van der Waals surface area (Å²) >= 11 is 0. The summed E-state index contributed by atoms with van der Waals surface area (Å²) in [5, 5.41) is 2.90. The maximum absolute atomic E-state index is 12.1. The molecule has 1 aliphatic heterocycles. The largest absolute Gasteiger partial charge is 0.480 e. The van der Waals surface area contributed by atoms with Crippen LogP contribution < -0.4 is 10.1 Å². The average molecular weight is 268 g/mol. The van der Waals surface area contributed by atoms with E-state index in [2.05, 4.69) is 10.3 Å². The molecular weight excluding hydrogens is 252 g/mol. The van der Waals surface area contributed by atoms with Gasteiger partial charge in [-0.15, -0.1) is 0 Å². The van der Waals surface area contributed by atoms with Gasteiger partial charge in [0.15, 0.2) is 6.10 Å². The van der Waals surface area contributed by atoms with Crippen molar-refractivity contribution in [2.75, 3.05) is 0 Å². The van der Waals surface area contributed by atoms with Crippen LogP contribution in [0.2, 0.25) is 0 Å². The van der Waals surface area contributed by atoms with Gasteiger partial charge in [-0.05, 0) is 36.1 Å². The fraction of sp³-hybridized carbons (Fsp3) is 0.250. The SMILES string of the molecule is O=C(NCc1cccnc1)C1CCc2ccccc2O1.